The quantitative estimate of drug-likeness (QED) is 0.687. The minimum atomic E-state index is -4.16. The maximum atomic E-state index is 15.0. The van der Waals surface area contributed by atoms with Crippen LogP contribution in [0, 0.1) is 0 Å². The van der Waals surface area contributed by atoms with Gasteiger partial charge in [-0.25, -0.2) is 13.8 Å². The van der Waals surface area contributed by atoms with Gasteiger partial charge in [-0.1, -0.05) is 0 Å². The van der Waals surface area contributed by atoms with Crippen LogP contribution in [0.2, 0.25) is 0 Å². The highest BCUT2D eigenvalue weighted by Crippen LogP contribution is 2.55. The second-order valence-electron chi connectivity index (χ2n) is 6.16. The molecular weight excluding hydrogens is 400 g/mol. The number of aliphatic hydroxyl groups excluding tert-OH is 1. The molecule has 4 heterocycles. The van der Waals surface area contributed by atoms with E-state index in [4.69, 9.17) is 18.3 Å². The first-order valence-electron chi connectivity index (χ1n) is 8.17. The van der Waals surface area contributed by atoms with Gasteiger partial charge in [0.05, 0.1) is 0 Å². The van der Waals surface area contributed by atoms with Crippen molar-refractivity contribution in [2.75, 3.05) is 6.61 Å². The van der Waals surface area contributed by atoms with Gasteiger partial charge in [0.15, 0.2) is 5.75 Å². The van der Waals surface area contributed by atoms with Crippen LogP contribution in [0.1, 0.15) is 18.3 Å². The van der Waals surface area contributed by atoms with E-state index in [1.54, 1.807) is 6.07 Å². The van der Waals surface area contributed by atoms with Crippen molar-refractivity contribution in [1.29, 1.82) is 0 Å². The first-order valence-corrected chi connectivity index (χ1v) is 9.63. The Balaban J connectivity index is 1.47. The number of nitrogens with one attached hydrogen (secondary N) is 1. The number of hydrogen-bond donors (Lipinski definition) is 2. The number of ether oxygens (including phenoxy) is 1. The van der Waals surface area contributed by atoms with Crippen molar-refractivity contribution in [1.82, 2.24) is 14.5 Å². The highest BCUT2D eigenvalue weighted by molar-refractivity contribution is 7.49. The number of alkyl halides is 1. The lowest BCUT2D eigenvalue weighted by Gasteiger charge is -2.28. The summed E-state index contributed by atoms with van der Waals surface area (Å²) < 4.78 is 48.8. The van der Waals surface area contributed by atoms with E-state index in [2.05, 4.69) is 4.98 Å². The lowest BCUT2D eigenvalue weighted by Crippen LogP contribution is -2.39. The van der Waals surface area contributed by atoms with E-state index in [0.717, 1.165) is 16.8 Å². The smallest absolute Gasteiger partial charge is 0.402 e. The van der Waals surface area contributed by atoms with Crippen LogP contribution in [0.15, 0.2) is 40.2 Å². The van der Waals surface area contributed by atoms with Crippen LogP contribution in [0.4, 0.5) is 4.39 Å². The third kappa shape index (κ3) is 3.52. The molecule has 13 heteroatoms. The maximum absolute atomic E-state index is 15.0. The van der Waals surface area contributed by atoms with Crippen molar-refractivity contribution >= 4 is 7.82 Å². The molecule has 1 unspecified atom stereocenters. The number of fused-ring (bicyclic) bond motifs is 1. The number of hydrogen-bond acceptors (Lipinski definition) is 9. The molecule has 2 aliphatic rings. The minimum Gasteiger partial charge on any atom is -0.402 e. The van der Waals surface area contributed by atoms with Crippen LogP contribution in [-0.2, 0) is 25.0 Å². The highest BCUT2D eigenvalue weighted by atomic mass is 31.2. The fourth-order valence-electron chi connectivity index (χ4n) is 2.81. The van der Waals surface area contributed by atoms with Crippen LogP contribution in [0.25, 0.3) is 0 Å². The highest BCUT2D eigenvalue weighted by Gasteiger charge is 2.52. The predicted molar refractivity (Wildman–Crippen MR) is 89.1 cm³/mol. The van der Waals surface area contributed by atoms with E-state index in [9.17, 15) is 19.3 Å². The molecule has 2 aliphatic heterocycles. The number of aromatic nitrogens is 3. The number of halogens is 1. The topological polar surface area (TPSA) is 142 Å². The summed E-state index contributed by atoms with van der Waals surface area (Å²) in [7, 11) is -4.16. The number of pyridine rings is 1. The number of nitrogens with zero attached hydrogens (tertiary/aromatic N) is 2. The molecule has 0 aliphatic carbocycles. The summed E-state index contributed by atoms with van der Waals surface area (Å²) in [5.74, 6) is -2.60. The van der Waals surface area contributed by atoms with Gasteiger partial charge in [0.2, 0.25) is 0 Å². The molecule has 0 radical (unpaired) electrons. The van der Waals surface area contributed by atoms with Crippen molar-refractivity contribution in [2.45, 2.75) is 31.2 Å². The van der Waals surface area contributed by atoms with Gasteiger partial charge < -0.3 is 14.4 Å². The van der Waals surface area contributed by atoms with Gasteiger partial charge in [-0.15, -0.1) is 0 Å². The Morgan fingerprint density at radius 2 is 2.29 bits per heavy atom. The Bertz CT molecular complexity index is 1060. The first kappa shape index (κ1) is 19.0. The van der Waals surface area contributed by atoms with Gasteiger partial charge in [0.1, 0.15) is 31.2 Å². The van der Waals surface area contributed by atoms with E-state index in [1.165, 1.54) is 12.3 Å². The molecule has 2 N–H and O–H groups in total. The van der Waals surface area contributed by atoms with E-state index >= 15 is 4.39 Å². The molecule has 0 saturated carbocycles. The number of phosphoric acid groups is 1. The minimum absolute atomic E-state index is 0.161. The molecule has 2 aromatic heterocycles. The summed E-state index contributed by atoms with van der Waals surface area (Å²) in [6.45, 7) is -1.14. The van der Waals surface area contributed by atoms with Crippen LogP contribution >= 0.6 is 7.82 Å². The molecule has 0 aromatic carbocycles. The Morgan fingerprint density at radius 1 is 1.46 bits per heavy atom. The Morgan fingerprint density at radius 3 is 3.07 bits per heavy atom. The second kappa shape index (κ2) is 6.90. The summed E-state index contributed by atoms with van der Waals surface area (Å²) in [5.41, 5.74) is -1.05. The molecular formula is C15H15FN3O8P. The fraction of sp³-hybridized carbons (Fsp3) is 0.400. The van der Waals surface area contributed by atoms with E-state index < -0.39 is 43.9 Å². The third-order valence-electron chi connectivity index (χ3n) is 4.25. The standard InChI is InChI=1S/C15H15FN3O8P/c16-15(8-25-28(23)24-7-9-10(27-28)2-1-4-17-9)11(20)6-13(26-15)19-5-3-12(21)18-14(19)22/h1-5,11,13,20H,6-8H2,(H,18,21,22)/t11-,13+,15+,28?/m0/s1. The van der Waals surface area contributed by atoms with Gasteiger partial charge in [0, 0.05) is 24.9 Å². The van der Waals surface area contributed by atoms with Crippen LogP contribution in [0.3, 0.4) is 0 Å². The van der Waals surface area contributed by atoms with Crippen molar-refractivity contribution < 1.29 is 32.4 Å². The van der Waals surface area contributed by atoms with Crippen LogP contribution in [0.5, 0.6) is 5.75 Å². The van der Waals surface area contributed by atoms with Crippen molar-refractivity contribution in [3.8, 4) is 5.75 Å². The fourth-order valence-corrected chi connectivity index (χ4v) is 4.01. The molecule has 2 aromatic rings. The predicted octanol–water partition coefficient (Wildman–Crippen LogP) is 0.611. The van der Waals surface area contributed by atoms with Gasteiger partial charge in [0.25, 0.3) is 11.4 Å². The summed E-state index contributed by atoms with van der Waals surface area (Å²) >= 11 is 0. The van der Waals surface area contributed by atoms with E-state index in [1.807, 2.05) is 4.98 Å². The molecule has 28 heavy (non-hydrogen) atoms. The normalized spacial score (nSPS) is 31.9. The monoisotopic (exact) mass is 415 g/mol. The van der Waals surface area contributed by atoms with Gasteiger partial charge in [-0.05, 0) is 12.1 Å². The summed E-state index contributed by atoms with van der Waals surface area (Å²) in [6.07, 6.45) is -0.579. The zero-order chi connectivity index (χ0) is 19.9. The third-order valence-corrected chi connectivity index (χ3v) is 5.56. The molecule has 0 bridgehead atoms. The second-order valence-corrected chi connectivity index (χ2v) is 7.75. The molecule has 1 saturated heterocycles. The van der Waals surface area contributed by atoms with Gasteiger partial charge >= 0.3 is 13.5 Å². The lowest BCUT2D eigenvalue weighted by atomic mass is 10.1. The average Bonchev–Trinajstić information content (AvgIpc) is 2.95. The Labute approximate surface area is 156 Å². The number of aliphatic hydroxyl groups is 1. The average molecular weight is 415 g/mol. The van der Waals surface area contributed by atoms with Crippen molar-refractivity contribution in [3.63, 3.8) is 0 Å². The SMILES string of the molecule is O=c1ccn([C@H]2C[C@H](O)[C@@](F)(COP3(=O)OCc4ncccc4O3)O2)c(=O)[nH]1. The number of H-pyrrole nitrogens is 1. The molecule has 4 rings (SSSR count). The Hall–Kier alpha value is -2.37. The Kier molecular flexibility index (Phi) is 4.68. The molecule has 4 atom stereocenters. The number of phosphoric ester groups is 1. The molecule has 0 spiro atoms. The lowest BCUT2D eigenvalue weighted by molar-refractivity contribution is -0.205. The summed E-state index contributed by atoms with van der Waals surface area (Å²) in [6, 6.07) is 4.12. The summed E-state index contributed by atoms with van der Waals surface area (Å²) in [5, 5.41) is 10.0. The summed E-state index contributed by atoms with van der Waals surface area (Å²) in [4.78, 5) is 28.9. The largest absolute Gasteiger partial charge is 0.530 e. The molecule has 0 amide bonds. The zero-order valence-corrected chi connectivity index (χ0v) is 15.1. The van der Waals surface area contributed by atoms with Gasteiger partial charge in [-0.2, -0.15) is 0 Å². The van der Waals surface area contributed by atoms with E-state index in [-0.39, 0.29) is 18.8 Å². The molecule has 1 fully saturated rings. The number of rotatable bonds is 4. The van der Waals surface area contributed by atoms with Gasteiger partial charge in [-0.3, -0.25) is 28.4 Å². The van der Waals surface area contributed by atoms with Crippen molar-refractivity contribution in [2.24, 2.45) is 0 Å². The maximum Gasteiger partial charge on any atom is 0.530 e. The first-order chi connectivity index (χ1) is 13.3. The van der Waals surface area contributed by atoms with Crippen molar-refractivity contribution in [3.05, 3.63) is 57.1 Å². The zero-order valence-electron chi connectivity index (χ0n) is 14.2. The molecule has 150 valence electrons. The molecule has 11 nitrogen and oxygen atoms in total. The van der Waals surface area contributed by atoms with Crippen LogP contribution in [-0.4, -0.2) is 38.2 Å². The van der Waals surface area contributed by atoms with Crippen LogP contribution < -0.4 is 15.8 Å². The number of aromatic amines is 1. The van der Waals surface area contributed by atoms with E-state index in [0.29, 0.717) is 5.69 Å².